The molecule has 0 aliphatic rings. The number of esters is 1. The normalized spacial score (nSPS) is 12.5. The highest BCUT2D eigenvalue weighted by atomic mass is 28.3. The fourth-order valence-corrected chi connectivity index (χ4v) is 4.55. The van der Waals surface area contributed by atoms with Crippen LogP contribution in [0.4, 0.5) is 20.6 Å². The Labute approximate surface area is 206 Å². The fourth-order valence-electron chi connectivity index (χ4n) is 3.41. The van der Waals surface area contributed by atoms with Crippen LogP contribution < -0.4 is 10.5 Å². The minimum atomic E-state index is -1.71. The van der Waals surface area contributed by atoms with Crippen molar-refractivity contribution < 1.29 is 23.5 Å². The average Bonchev–Trinajstić information content (AvgIpc) is 3.10. The van der Waals surface area contributed by atoms with Gasteiger partial charge >= 0.3 is 12.1 Å². The standard InChI is InChI=1S/C26H34FN3O4Si/c1-25(2,3)33-23(31)17-11-13-21-18(15-28-30(21)24(32)34-26(4,5)6)22(17)29-20-12-10-16(14-19(20)27)35(7,8)9/h10-15,29H,1-9H3. The highest BCUT2D eigenvalue weighted by Crippen LogP contribution is 2.33. The van der Waals surface area contributed by atoms with Crippen molar-refractivity contribution in [1.82, 2.24) is 9.78 Å². The molecule has 0 spiro atoms. The number of fused-ring (bicyclic) bond motifs is 1. The number of rotatable bonds is 4. The van der Waals surface area contributed by atoms with Crippen LogP contribution in [0.15, 0.2) is 36.5 Å². The molecule has 0 radical (unpaired) electrons. The van der Waals surface area contributed by atoms with E-state index in [1.807, 2.05) is 6.07 Å². The predicted octanol–water partition coefficient (Wildman–Crippen LogP) is 6.20. The maximum absolute atomic E-state index is 15.1. The number of ether oxygens (including phenoxy) is 2. The molecule has 0 aliphatic carbocycles. The molecule has 0 atom stereocenters. The lowest BCUT2D eigenvalue weighted by Crippen LogP contribution is -2.37. The second-order valence-electron chi connectivity index (χ2n) is 11.5. The van der Waals surface area contributed by atoms with E-state index in [-0.39, 0.29) is 11.3 Å². The summed E-state index contributed by atoms with van der Waals surface area (Å²) < 4.78 is 27.3. The first-order chi connectivity index (χ1) is 16.0. The Morgan fingerprint density at radius 2 is 1.60 bits per heavy atom. The van der Waals surface area contributed by atoms with Crippen molar-refractivity contribution in [2.24, 2.45) is 0 Å². The number of halogens is 1. The highest BCUT2D eigenvalue weighted by molar-refractivity contribution is 6.88. The Balaban J connectivity index is 2.14. The molecule has 2 aromatic carbocycles. The Bertz CT molecular complexity index is 1280. The van der Waals surface area contributed by atoms with E-state index in [9.17, 15) is 9.59 Å². The number of carbonyl (C=O) groups is 2. The van der Waals surface area contributed by atoms with Crippen molar-refractivity contribution in [3.05, 3.63) is 47.9 Å². The molecule has 3 aromatic rings. The van der Waals surface area contributed by atoms with Crippen molar-refractivity contribution in [1.29, 1.82) is 0 Å². The van der Waals surface area contributed by atoms with Crippen molar-refractivity contribution in [2.75, 3.05) is 5.32 Å². The lowest BCUT2D eigenvalue weighted by Gasteiger charge is -2.22. The third-order valence-corrected chi connectivity index (χ3v) is 7.08. The maximum Gasteiger partial charge on any atom is 0.435 e. The van der Waals surface area contributed by atoms with Gasteiger partial charge in [0.1, 0.15) is 17.0 Å². The molecule has 0 saturated heterocycles. The van der Waals surface area contributed by atoms with Gasteiger partial charge in [0.25, 0.3) is 0 Å². The van der Waals surface area contributed by atoms with E-state index in [0.717, 1.165) is 9.87 Å². The SMILES string of the molecule is CC(C)(C)OC(=O)c1ccc2c(cnn2C(=O)OC(C)(C)C)c1Nc1ccc([Si](C)(C)C)cc1F. The summed E-state index contributed by atoms with van der Waals surface area (Å²) >= 11 is 0. The van der Waals surface area contributed by atoms with Gasteiger partial charge in [-0.25, -0.2) is 14.0 Å². The van der Waals surface area contributed by atoms with E-state index in [4.69, 9.17) is 9.47 Å². The van der Waals surface area contributed by atoms with Crippen LogP contribution in [0.5, 0.6) is 0 Å². The van der Waals surface area contributed by atoms with Crippen LogP contribution in [-0.4, -0.2) is 41.1 Å². The van der Waals surface area contributed by atoms with Gasteiger partial charge in [0.15, 0.2) is 0 Å². The third-order valence-electron chi connectivity index (χ3n) is 5.03. The summed E-state index contributed by atoms with van der Waals surface area (Å²) in [6, 6.07) is 8.23. The molecule has 0 aliphatic heterocycles. The van der Waals surface area contributed by atoms with Crippen molar-refractivity contribution in [3.8, 4) is 0 Å². The molecule has 9 heteroatoms. The van der Waals surface area contributed by atoms with E-state index in [1.54, 1.807) is 53.7 Å². The van der Waals surface area contributed by atoms with Crippen LogP contribution in [0.1, 0.15) is 51.9 Å². The van der Waals surface area contributed by atoms with Crippen LogP contribution in [0.2, 0.25) is 19.6 Å². The number of hydrogen-bond donors (Lipinski definition) is 1. The molecule has 1 heterocycles. The largest absolute Gasteiger partial charge is 0.456 e. The van der Waals surface area contributed by atoms with Gasteiger partial charge in [0.2, 0.25) is 0 Å². The summed E-state index contributed by atoms with van der Waals surface area (Å²) in [7, 11) is -1.71. The zero-order valence-corrected chi connectivity index (χ0v) is 22.9. The Morgan fingerprint density at radius 3 is 2.14 bits per heavy atom. The summed E-state index contributed by atoms with van der Waals surface area (Å²) in [4.78, 5) is 25.8. The van der Waals surface area contributed by atoms with Gasteiger partial charge in [0.05, 0.1) is 36.7 Å². The molecule has 0 fully saturated rings. The number of carbonyl (C=O) groups excluding carboxylic acids is 2. The van der Waals surface area contributed by atoms with Gasteiger partial charge in [-0.15, -0.1) is 0 Å². The van der Waals surface area contributed by atoms with E-state index in [2.05, 4.69) is 30.1 Å². The van der Waals surface area contributed by atoms with Crippen LogP contribution in [0, 0.1) is 5.82 Å². The topological polar surface area (TPSA) is 82.5 Å². The van der Waals surface area contributed by atoms with E-state index >= 15 is 4.39 Å². The van der Waals surface area contributed by atoms with Crippen molar-refractivity contribution in [2.45, 2.75) is 72.4 Å². The molecule has 0 amide bonds. The number of hydrogen-bond acceptors (Lipinski definition) is 6. The minimum Gasteiger partial charge on any atom is -0.456 e. The maximum atomic E-state index is 15.1. The van der Waals surface area contributed by atoms with Crippen LogP contribution in [0.3, 0.4) is 0 Å². The van der Waals surface area contributed by atoms with E-state index in [1.165, 1.54) is 18.3 Å². The summed E-state index contributed by atoms with van der Waals surface area (Å²) in [5.41, 5.74) is -0.332. The van der Waals surface area contributed by atoms with E-state index < -0.39 is 37.2 Å². The Morgan fingerprint density at radius 1 is 0.971 bits per heavy atom. The average molecular weight is 500 g/mol. The highest BCUT2D eigenvalue weighted by Gasteiger charge is 2.26. The molecule has 1 N–H and O–H groups in total. The van der Waals surface area contributed by atoms with Gasteiger partial charge in [-0.2, -0.15) is 9.78 Å². The van der Waals surface area contributed by atoms with Crippen molar-refractivity contribution >= 4 is 47.6 Å². The fraction of sp³-hybridized carbons (Fsp3) is 0.423. The molecular formula is C26H34FN3O4Si. The molecule has 7 nitrogen and oxygen atoms in total. The quantitative estimate of drug-likeness (QED) is 0.340. The van der Waals surface area contributed by atoms with Crippen molar-refractivity contribution in [3.63, 3.8) is 0 Å². The molecule has 3 rings (SSSR count). The molecule has 0 unspecified atom stereocenters. The lowest BCUT2D eigenvalue weighted by atomic mass is 10.1. The molecule has 35 heavy (non-hydrogen) atoms. The zero-order valence-electron chi connectivity index (χ0n) is 21.9. The number of nitrogens with one attached hydrogen (secondary N) is 1. The number of anilines is 2. The van der Waals surface area contributed by atoms with Crippen LogP contribution in [-0.2, 0) is 9.47 Å². The van der Waals surface area contributed by atoms with Gasteiger partial charge in [-0.1, -0.05) is 30.9 Å². The second-order valence-corrected chi connectivity index (χ2v) is 16.6. The summed E-state index contributed by atoms with van der Waals surface area (Å²) in [5.74, 6) is -1.01. The lowest BCUT2D eigenvalue weighted by molar-refractivity contribution is 0.00706. The van der Waals surface area contributed by atoms with Gasteiger partial charge in [0, 0.05) is 5.39 Å². The zero-order chi connectivity index (χ0) is 26.3. The van der Waals surface area contributed by atoms with Crippen LogP contribution in [0.25, 0.3) is 10.9 Å². The van der Waals surface area contributed by atoms with E-state index in [0.29, 0.717) is 16.6 Å². The Hall–Kier alpha value is -3.20. The molecule has 0 bridgehead atoms. The Kier molecular flexibility index (Phi) is 6.87. The number of benzene rings is 2. The van der Waals surface area contributed by atoms with Crippen LogP contribution >= 0.6 is 0 Å². The minimum absolute atomic E-state index is 0.199. The molecule has 188 valence electrons. The molecular weight excluding hydrogens is 465 g/mol. The summed E-state index contributed by atoms with van der Waals surface area (Å²) in [5, 5.41) is 8.68. The second kappa shape index (κ2) is 9.11. The first kappa shape index (κ1) is 26.4. The number of nitrogens with zero attached hydrogens (tertiary/aromatic N) is 2. The smallest absolute Gasteiger partial charge is 0.435 e. The molecule has 1 aromatic heterocycles. The van der Waals surface area contributed by atoms with Gasteiger partial charge in [-0.05, 0) is 65.8 Å². The first-order valence-corrected chi connectivity index (χ1v) is 15.0. The molecule has 0 saturated carbocycles. The summed E-state index contributed by atoms with van der Waals surface area (Å²) in [6.07, 6.45) is 0.790. The van der Waals surface area contributed by atoms with Gasteiger partial charge in [-0.3, -0.25) is 0 Å². The number of aromatic nitrogens is 2. The third kappa shape index (κ3) is 6.27. The first-order valence-electron chi connectivity index (χ1n) is 11.5. The summed E-state index contributed by atoms with van der Waals surface area (Å²) in [6.45, 7) is 17.0. The van der Waals surface area contributed by atoms with Gasteiger partial charge < -0.3 is 14.8 Å². The monoisotopic (exact) mass is 499 g/mol. The predicted molar refractivity (Wildman–Crippen MR) is 139 cm³/mol.